The SMILES string of the molecule is COc1ccc([N+](=O)[O-])cc1NC(=O)c1ccc(Cl)c(S(=O)(=O)Nc2ccc(C)c(C)c2)c1. The van der Waals surface area contributed by atoms with Crippen LogP contribution >= 0.6 is 11.6 Å². The minimum Gasteiger partial charge on any atom is -0.495 e. The smallest absolute Gasteiger partial charge is 0.271 e. The predicted octanol–water partition coefficient (Wildman–Crippen LogP) is 4.93. The Kier molecular flexibility index (Phi) is 6.89. The Morgan fingerprint density at radius 2 is 1.76 bits per heavy atom. The van der Waals surface area contributed by atoms with Crippen molar-refractivity contribution in [3.8, 4) is 5.75 Å². The van der Waals surface area contributed by atoms with Gasteiger partial charge in [-0.3, -0.25) is 19.6 Å². The van der Waals surface area contributed by atoms with E-state index in [1.54, 1.807) is 18.2 Å². The van der Waals surface area contributed by atoms with Crippen LogP contribution in [0.15, 0.2) is 59.5 Å². The maximum absolute atomic E-state index is 12.9. The van der Waals surface area contributed by atoms with Gasteiger partial charge in [-0.1, -0.05) is 17.7 Å². The lowest BCUT2D eigenvalue weighted by Crippen LogP contribution is -2.17. The molecule has 0 saturated carbocycles. The quantitative estimate of drug-likeness (QED) is 0.358. The van der Waals surface area contributed by atoms with Gasteiger partial charge in [0.25, 0.3) is 21.6 Å². The number of benzene rings is 3. The number of methoxy groups -OCH3 is 1. The topological polar surface area (TPSA) is 128 Å². The van der Waals surface area contributed by atoms with Crippen molar-refractivity contribution in [2.75, 3.05) is 17.1 Å². The Hall–Kier alpha value is -3.63. The summed E-state index contributed by atoms with van der Waals surface area (Å²) >= 11 is 6.13. The molecule has 0 unspecified atom stereocenters. The van der Waals surface area contributed by atoms with Crippen LogP contribution < -0.4 is 14.8 Å². The third-order valence-corrected chi connectivity index (χ3v) is 6.75. The third-order valence-electron chi connectivity index (χ3n) is 4.88. The molecule has 3 aromatic rings. The van der Waals surface area contributed by atoms with Gasteiger partial charge < -0.3 is 10.1 Å². The molecule has 0 atom stereocenters. The van der Waals surface area contributed by atoms with Crippen molar-refractivity contribution in [1.82, 2.24) is 0 Å². The van der Waals surface area contributed by atoms with Crippen LogP contribution in [0.1, 0.15) is 21.5 Å². The summed E-state index contributed by atoms with van der Waals surface area (Å²) in [5.41, 5.74) is 2.05. The van der Waals surface area contributed by atoms with Crippen LogP contribution in [0.25, 0.3) is 0 Å². The molecule has 0 aliphatic rings. The van der Waals surface area contributed by atoms with E-state index in [1.807, 2.05) is 13.8 Å². The van der Waals surface area contributed by atoms with E-state index >= 15 is 0 Å². The van der Waals surface area contributed by atoms with Crippen molar-refractivity contribution in [1.29, 1.82) is 0 Å². The van der Waals surface area contributed by atoms with Gasteiger partial charge in [-0.15, -0.1) is 0 Å². The summed E-state index contributed by atoms with van der Waals surface area (Å²) in [5.74, 6) is -0.500. The number of nitro benzene ring substituents is 1. The zero-order valence-electron chi connectivity index (χ0n) is 17.9. The molecular weight excluding hydrogens is 470 g/mol. The second kappa shape index (κ2) is 9.47. The Morgan fingerprint density at radius 1 is 1.03 bits per heavy atom. The number of rotatable bonds is 7. The fourth-order valence-corrected chi connectivity index (χ4v) is 4.54. The van der Waals surface area contributed by atoms with Crippen molar-refractivity contribution in [2.24, 2.45) is 0 Å². The molecule has 0 radical (unpaired) electrons. The standard InChI is InChI=1S/C22H20ClN3O6S/c1-13-4-6-16(10-14(13)2)25-33(30,31)21-11-15(5-8-18(21)23)22(27)24-19-12-17(26(28)29)7-9-20(19)32-3/h4-12,25H,1-3H3,(H,24,27). The lowest BCUT2D eigenvalue weighted by molar-refractivity contribution is -0.384. The summed E-state index contributed by atoms with van der Waals surface area (Å²) in [5, 5.41) is 13.5. The first-order valence-electron chi connectivity index (χ1n) is 9.55. The summed E-state index contributed by atoms with van der Waals surface area (Å²) in [7, 11) is -2.76. The predicted molar refractivity (Wildman–Crippen MR) is 126 cm³/mol. The molecule has 2 N–H and O–H groups in total. The van der Waals surface area contributed by atoms with Crippen LogP contribution in [-0.2, 0) is 10.0 Å². The van der Waals surface area contributed by atoms with E-state index in [4.69, 9.17) is 16.3 Å². The van der Waals surface area contributed by atoms with E-state index in [-0.39, 0.29) is 32.6 Å². The molecule has 0 bridgehead atoms. The van der Waals surface area contributed by atoms with Gasteiger partial charge in [0, 0.05) is 23.4 Å². The Balaban J connectivity index is 1.92. The van der Waals surface area contributed by atoms with Gasteiger partial charge in [-0.2, -0.15) is 0 Å². The van der Waals surface area contributed by atoms with E-state index in [0.717, 1.165) is 23.3 Å². The number of anilines is 2. The zero-order valence-corrected chi connectivity index (χ0v) is 19.5. The van der Waals surface area contributed by atoms with E-state index in [0.29, 0.717) is 5.69 Å². The number of ether oxygens (including phenoxy) is 1. The molecule has 33 heavy (non-hydrogen) atoms. The van der Waals surface area contributed by atoms with Crippen molar-refractivity contribution in [3.63, 3.8) is 0 Å². The first-order valence-corrected chi connectivity index (χ1v) is 11.4. The lowest BCUT2D eigenvalue weighted by atomic mass is 10.1. The van der Waals surface area contributed by atoms with Gasteiger partial charge in [-0.25, -0.2) is 8.42 Å². The Bertz CT molecular complexity index is 1360. The number of nitro groups is 1. The average Bonchev–Trinajstić information content (AvgIpc) is 2.76. The summed E-state index contributed by atoms with van der Waals surface area (Å²) in [4.78, 5) is 23.0. The number of carbonyl (C=O) groups excluding carboxylic acids is 1. The molecule has 3 aromatic carbocycles. The van der Waals surface area contributed by atoms with Gasteiger partial charge in [0.15, 0.2) is 0 Å². The number of halogens is 1. The number of nitrogens with zero attached hydrogens (tertiary/aromatic N) is 1. The fourth-order valence-electron chi connectivity index (χ4n) is 2.97. The molecule has 172 valence electrons. The Labute approximate surface area is 195 Å². The summed E-state index contributed by atoms with van der Waals surface area (Å²) in [6.45, 7) is 3.76. The summed E-state index contributed by atoms with van der Waals surface area (Å²) in [6, 6.07) is 12.6. The van der Waals surface area contributed by atoms with Gasteiger partial charge in [-0.05, 0) is 61.4 Å². The molecule has 0 saturated heterocycles. The van der Waals surface area contributed by atoms with Crippen LogP contribution in [-0.4, -0.2) is 26.4 Å². The van der Waals surface area contributed by atoms with Gasteiger partial charge in [0.2, 0.25) is 0 Å². The highest BCUT2D eigenvalue weighted by atomic mass is 35.5. The van der Waals surface area contributed by atoms with E-state index < -0.39 is 20.9 Å². The molecule has 0 spiro atoms. The van der Waals surface area contributed by atoms with Crippen LogP contribution in [0.4, 0.5) is 17.1 Å². The van der Waals surface area contributed by atoms with E-state index in [1.165, 1.54) is 31.4 Å². The van der Waals surface area contributed by atoms with Crippen molar-refractivity contribution in [3.05, 3.63) is 86.4 Å². The molecule has 0 aliphatic heterocycles. The highest BCUT2D eigenvalue weighted by Gasteiger charge is 2.22. The number of sulfonamides is 1. The van der Waals surface area contributed by atoms with Crippen LogP contribution in [0.3, 0.4) is 0 Å². The molecule has 0 heterocycles. The van der Waals surface area contributed by atoms with Crippen LogP contribution in [0, 0.1) is 24.0 Å². The van der Waals surface area contributed by atoms with Crippen LogP contribution in [0.5, 0.6) is 5.75 Å². The monoisotopic (exact) mass is 489 g/mol. The number of nitrogens with one attached hydrogen (secondary N) is 2. The van der Waals surface area contributed by atoms with Crippen LogP contribution in [0.2, 0.25) is 5.02 Å². The largest absolute Gasteiger partial charge is 0.495 e. The van der Waals surface area contributed by atoms with E-state index in [2.05, 4.69) is 10.0 Å². The highest BCUT2D eigenvalue weighted by molar-refractivity contribution is 7.92. The third kappa shape index (κ3) is 5.41. The average molecular weight is 490 g/mol. The second-order valence-electron chi connectivity index (χ2n) is 7.15. The number of hydrogen-bond acceptors (Lipinski definition) is 6. The Morgan fingerprint density at radius 3 is 2.39 bits per heavy atom. The maximum Gasteiger partial charge on any atom is 0.271 e. The zero-order chi connectivity index (χ0) is 24.3. The molecule has 3 rings (SSSR count). The fraction of sp³-hybridized carbons (Fsp3) is 0.136. The normalized spacial score (nSPS) is 11.0. The van der Waals surface area contributed by atoms with E-state index in [9.17, 15) is 23.3 Å². The summed E-state index contributed by atoms with van der Waals surface area (Å²) < 4.78 is 33.5. The summed E-state index contributed by atoms with van der Waals surface area (Å²) in [6.07, 6.45) is 0. The van der Waals surface area contributed by atoms with Gasteiger partial charge in [0.05, 0.1) is 22.7 Å². The molecule has 0 fully saturated rings. The first kappa shape index (κ1) is 24.0. The number of hydrogen-bond donors (Lipinski definition) is 2. The highest BCUT2D eigenvalue weighted by Crippen LogP contribution is 2.30. The maximum atomic E-state index is 12.9. The molecule has 9 nitrogen and oxygen atoms in total. The number of amides is 1. The lowest BCUT2D eigenvalue weighted by Gasteiger charge is -2.13. The first-order chi connectivity index (χ1) is 15.5. The molecule has 1 amide bonds. The van der Waals surface area contributed by atoms with Gasteiger partial charge in [0.1, 0.15) is 10.6 Å². The molecule has 0 aliphatic carbocycles. The number of carbonyl (C=O) groups is 1. The van der Waals surface area contributed by atoms with Crippen molar-refractivity contribution < 1.29 is 22.9 Å². The van der Waals surface area contributed by atoms with Crippen molar-refractivity contribution in [2.45, 2.75) is 18.7 Å². The molecule has 11 heteroatoms. The van der Waals surface area contributed by atoms with Crippen molar-refractivity contribution >= 4 is 44.6 Å². The number of aryl methyl sites for hydroxylation is 2. The van der Waals surface area contributed by atoms with Gasteiger partial charge >= 0.3 is 0 Å². The molecular formula is C22H20ClN3O6S. The molecule has 0 aromatic heterocycles. The minimum absolute atomic E-state index is 0.0200. The number of non-ortho nitro benzene ring substituents is 1. The minimum atomic E-state index is -4.11. The second-order valence-corrected chi connectivity index (χ2v) is 9.20.